The summed E-state index contributed by atoms with van der Waals surface area (Å²) in [6, 6.07) is 33.3. The van der Waals surface area contributed by atoms with E-state index in [1.54, 1.807) is 6.07 Å². The van der Waals surface area contributed by atoms with Crippen LogP contribution >= 0.6 is 0 Å². The number of aromatic nitrogens is 17. The lowest BCUT2D eigenvalue weighted by Crippen LogP contribution is -2.22. The number of hydrogen-bond donors (Lipinski definition) is 6. The van der Waals surface area contributed by atoms with Gasteiger partial charge in [-0.1, -0.05) is 57.5 Å². The minimum atomic E-state index is -0.106. The number of pyridine rings is 1. The molecule has 23 heteroatoms. The van der Waals surface area contributed by atoms with Crippen molar-refractivity contribution in [2.24, 2.45) is 0 Å². The maximum Gasteiger partial charge on any atom is 0.248 e. The smallest absolute Gasteiger partial charge is 0.248 e. The Morgan fingerprint density at radius 1 is 0.348 bits per heavy atom. The molecule has 4 saturated carbocycles. The number of rotatable bonds is 12. The minimum Gasteiger partial charge on any atom is -0.385 e. The first-order chi connectivity index (χ1) is 55.6. The van der Waals surface area contributed by atoms with Crippen LogP contribution in [0.25, 0.3) is 150 Å². The van der Waals surface area contributed by atoms with Gasteiger partial charge in [0.1, 0.15) is 58.0 Å². The number of nitrogens with one attached hydrogen (secondary N) is 6. The molecule has 0 unspecified atom stereocenters. The fraction of sp³-hybridized carbons (Fsp3) is 0.293. The molecule has 11 aromatic heterocycles. The highest BCUT2D eigenvalue weighted by Gasteiger charge is 2.33. The highest BCUT2D eigenvalue weighted by molar-refractivity contribution is 6.05. The van der Waals surface area contributed by atoms with Crippen LogP contribution in [0.15, 0.2) is 133 Å². The van der Waals surface area contributed by atoms with Gasteiger partial charge >= 0.3 is 0 Å². The lowest BCUT2D eigenvalue weighted by Gasteiger charge is -2.23. The molecule has 0 atom stereocenters. The van der Waals surface area contributed by atoms with E-state index in [0.29, 0.717) is 23.7 Å². The molecule has 0 amide bonds. The summed E-state index contributed by atoms with van der Waals surface area (Å²) in [4.78, 5) is 67.2. The Morgan fingerprint density at radius 2 is 0.722 bits per heavy atom. The zero-order valence-corrected chi connectivity index (χ0v) is 66.8. The predicted molar refractivity (Wildman–Crippen MR) is 448 cm³/mol. The molecule has 115 heavy (non-hydrogen) atoms. The molecule has 17 aromatic rings. The van der Waals surface area contributed by atoms with Crippen molar-refractivity contribution in [2.75, 3.05) is 6.54 Å². The van der Waals surface area contributed by atoms with Gasteiger partial charge in [-0.25, -0.2) is 39.9 Å². The number of aromatic amines is 5. The Balaban J connectivity index is 0.000000103. The standard InChI is InChI=1S/C25H24N4O.C24H20N4O2.C22H23N5O.C21H21N5O/c1-13-18-5-4-6-19(20(18)9-10-26-13)21-11-17(23-14(2)29-30-15(23)3)12-22-24(21)28-25(27-22)16-7-8-16;1-12-22(13(2)30-28-12)15-10-18(23-20(11-15)26-24(27-23)14-6-7-14)16-4-3-5-19-17(16)8-9-21(29)25-19;1-10-19(11(2)24-14(5)23-10)17-8-16(20-12(3)27-28-13(20)4)9-18-21(17)26-22(25-18)15-6-7-15;1-10-17(9-22-13(4)23-10)16-7-15(19-11(2)26-27-12(19)3)8-18-20(16)25-21(24-18)14-5-6-14/h4-6,11-12,16,26H,1,7-10H2,2-3H3,(H,27,28);3-5,8-11,14H,6-7H2,1-2H3,(H,25,29)(H,26,27);8-9,15H,6-7H2,1-5H3,(H,25,26);7-9,14H,5-6H2,1-4H3,(H,24,25). The van der Waals surface area contributed by atoms with E-state index in [1.165, 1.54) is 68.1 Å². The Bertz CT molecular complexity index is 6770. The van der Waals surface area contributed by atoms with E-state index < -0.39 is 0 Å². The Hall–Kier alpha value is -13.1. The third kappa shape index (κ3) is 13.5. The lowest BCUT2D eigenvalue weighted by atomic mass is 9.88. The van der Waals surface area contributed by atoms with Crippen molar-refractivity contribution >= 4 is 60.7 Å². The van der Waals surface area contributed by atoms with E-state index >= 15 is 0 Å². The van der Waals surface area contributed by atoms with E-state index in [9.17, 15) is 4.79 Å². The molecule has 12 heterocycles. The maximum atomic E-state index is 11.8. The Labute approximate surface area is 662 Å². The fourth-order valence-electron chi connectivity index (χ4n) is 17.1. The van der Waals surface area contributed by atoms with Crippen LogP contribution in [-0.4, -0.2) is 92.0 Å². The zero-order valence-electron chi connectivity index (χ0n) is 66.8. The molecule has 5 aliphatic rings. The second-order valence-electron chi connectivity index (χ2n) is 31.9. The highest BCUT2D eigenvalue weighted by Crippen LogP contribution is 2.48. The summed E-state index contributed by atoms with van der Waals surface area (Å²) in [7, 11) is 0. The Morgan fingerprint density at radius 3 is 1.13 bits per heavy atom. The largest absolute Gasteiger partial charge is 0.385 e. The van der Waals surface area contributed by atoms with Gasteiger partial charge in [0.15, 0.2) is 0 Å². The summed E-state index contributed by atoms with van der Waals surface area (Å²) in [5.41, 5.74) is 35.9. The summed E-state index contributed by atoms with van der Waals surface area (Å²) < 4.78 is 21.7. The van der Waals surface area contributed by atoms with Crippen LogP contribution < -0.4 is 10.9 Å². The van der Waals surface area contributed by atoms with Gasteiger partial charge in [-0.2, -0.15) is 0 Å². The van der Waals surface area contributed by atoms with Crippen LogP contribution in [0.4, 0.5) is 0 Å². The zero-order chi connectivity index (χ0) is 79.1. The average Bonchev–Trinajstić information content (AvgIpc) is 1.63. The van der Waals surface area contributed by atoms with Crippen LogP contribution in [0.3, 0.4) is 0 Å². The van der Waals surface area contributed by atoms with E-state index in [0.717, 1.165) is 255 Å². The number of H-pyrrole nitrogens is 5. The molecule has 4 fully saturated rings. The second kappa shape index (κ2) is 28.2. The third-order valence-corrected chi connectivity index (χ3v) is 23.2. The van der Waals surface area contributed by atoms with E-state index in [-0.39, 0.29) is 5.56 Å². The van der Waals surface area contributed by atoms with Crippen molar-refractivity contribution in [1.82, 2.24) is 90.7 Å². The molecule has 1 aliphatic heterocycles. The highest BCUT2D eigenvalue weighted by atomic mass is 16.5. The van der Waals surface area contributed by atoms with Crippen molar-refractivity contribution in [3.63, 3.8) is 0 Å². The monoisotopic (exact) mass is 1520 g/mol. The van der Waals surface area contributed by atoms with E-state index in [2.05, 4.69) is 150 Å². The van der Waals surface area contributed by atoms with Crippen molar-refractivity contribution in [2.45, 2.75) is 171 Å². The van der Waals surface area contributed by atoms with Crippen molar-refractivity contribution in [3.8, 4) is 89.0 Å². The molecule has 6 aromatic carbocycles. The van der Waals surface area contributed by atoms with E-state index in [4.69, 9.17) is 38.0 Å². The molecule has 0 bridgehead atoms. The summed E-state index contributed by atoms with van der Waals surface area (Å²) in [5.74, 6) is 11.4. The summed E-state index contributed by atoms with van der Waals surface area (Å²) in [5, 5.41) is 21.0. The van der Waals surface area contributed by atoms with Crippen molar-refractivity contribution < 1.29 is 18.1 Å². The SMILES string of the molecule is C=C1NCCc2c1cccc2-c1cc(-c2c(C)noc2C)cc2[nH]c(C3CC3)nc12.Cc1nc(C)c(-c2cc(-c3c(C)noc3C)cc3[nH]c(C4CC4)nc23)c(C)n1.Cc1ncc(-c2cc(-c3c(C)noc3C)cc3[nH]c(C4CC4)nc23)c(C)n1.Cc1noc(C)c1-c1cc(-c2cccc3[nH]c(=O)ccc23)c2nc(C3CC3)[nH]c2c1. The first-order valence-corrected chi connectivity index (χ1v) is 39.8. The molecule has 23 nitrogen and oxygen atoms in total. The van der Waals surface area contributed by atoms with Gasteiger partial charge in [0.25, 0.3) is 0 Å². The summed E-state index contributed by atoms with van der Waals surface area (Å²) in [6.45, 7) is 30.8. The molecule has 0 radical (unpaired) electrons. The van der Waals surface area contributed by atoms with Crippen LogP contribution in [0.5, 0.6) is 0 Å². The van der Waals surface area contributed by atoms with Crippen molar-refractivity contribution in [1.29, 1.82) is 0 Å². The first-order valence-electron chi connectivity index (χ1n) is 39.8. The summed E-state index contributed by atoms with van der Waals surface area (Å²) >= 11 is 0. The molecule has 4 aliphatic carbocycles. The molecule has 6 N–H and O–H groups in total. The number of nitrogens with zero attached hydrogens (tertiary/aromatic N) is 12. The van der Waals surface area contributed by atoms with Crippen LogP contribution in [0.1, 0.15) is 184 Å². The quantitative estimate of drug-likeness (QED) is 0.0662. The molecule has 0 spiro atoms. The van der Waals surface area contributed by atoms with Gasteiger partial charge in [0.05, 0.1) is 66.9 Å². The molecule has 576 valence electrons. The van der Waals surface area contributed by atoms with Gasteiger partial charge in [-0.3, -0.25) is 4.79 Å². The topological polar surface area (TPSA) is 315 Å². The maximum absolute atomic E-state index is 11.8. The van der Waals surface area contributed by atoms with Crippen LogP contribution in [-0.2, 0) is 6.42 Å². The van der Waals surface area contributed by atoms with Crippen LogP contribution in [0.2, 0.25) is 0 Å². The van der Waals surface area contributed by atoms with Gasteiger partial charge in [0.2, 0.25) is 5.56 Å². The predicted octanol–water partition coefficient (Wildman–Crippen LogP) is 20.6. The molecular weight excluding hydrogens is 1440 g/mol. The number of benzene rings is 6. The second-order valence-corrected chi connectivity index (χ2v) is 31.9. The van der Waals surface area contributed by atoms with E-state index in [1.807, 2.05) is 114 Å². The van der Waals surface area contributed by atoms with Gasteiger partial charge in [0, 0.05) is 137 Å². The molecular formula is C92H88N18O5. The first kappa shape index (κ1) is 72.2. The van der Waals surface area contributed by atoms with Crippen LogP contribution in [0, 0.1) is 90.0 Å². The van der Waals surface area contributed by atoms with Crippen molar-refractivity contribution in [3.05, 3.63) is 229 Å². The lowest BCUT2D eigenvalue weighted by molar-refractivity contribution is 0.393. The number of imidazole rings is 4. The number of hydrogen-bond acceptors (Lipinski definition) is 18. The molecule has 0 saturated heterocycles. The number of fused-ring (bicyclic) bond motifs is 6. The average molecular weight is 1530 g/mol. The number of aryl methyl sites for hydroxylation is 13. The fourth-order valence-corrected chi connectivity index (χ4v) is 17.1. The Kier molecular flexibility index (Phi) is 17.7. The molecule has 22 rings (SSSR count). The minimum absolute atomic E-state index is 0.106. The van der Waals surface area contributed by atoms with Gasteiger partial charge < -0.3 is 48.3 Å². The van der Waals surface area contributed by atoms with Gasteiger partial charge in [-0.15, -0.1) is 0 Å². The third-order valence-electron chi connectivity index (χ3n) is 23.2. The summed E-state index contributed by atoms with van der Waals surface area (Å²) in [6.07, 6.45) is 12.5. The van der Waals surface area contributed by atoms with Gasteiger partial charge in [-0.05, 0) is 247 Å². The normalized spacial score (nSPS) is 14.6.